The second-order valence-electron chi connectivity index (χ2n) is 6.66. The van der Waals surface area contributed by atoms with Gasteiger partial charge in [-0.3, -0.25) is 4.79 Å². The lowest BCUT2D eigenvalue weighted by atomic mass is 9.90. The molecule has 22 heavy (non-hydrogen) atoms. The van der Waals surface area contributed by atoms with Crippen molar-refractivity contribution in [1.29, 1.82) is 0 Å². The smallest absolute Gasteiger partial charge is 0.375 e. The Morgan fingerprint density at radius 2 is 1.73 bits per heavy atom. The van der Waals surface area contributed by atoms with Crippen LogP contribution in [-0.2, 0) is 14.3 Å². The minimum absolute atomic E-state index is 0.509. The quantitative estimate of drug-likeness (QED) is 0.631. The van der Waals surface area contributed by atoms with Crippen LogP contribution in [0.1, 0.15) is 44.7 Å². The Labute approximate surface area is 131 Å². The van der Waals surface area contributed by atoms with Gasteiger partial charge in [-0.2, -0.15) is 0 Å². The van der Waals surface area contributed by atoms with Gasteiger partial charge in [-0.05, 0) is 44.0 Å². The molecule has 0 bridgehead atoms. The van der Waals surface area contributed by atoms with Crippen LogP contribution in [-0.4, -0.2) is 17.4 Å². The Morgan fingerprint density at radius 3 is 2.36 bits per heavy atom. The van der Waals surface area contributed by atoms with E-state index in [2.05, 4.69) is 6.07 Å². The SMILES string of the molecule is Cc1cc(C(C)C(=O)C(=O)OC(C)(C)C)c2ccccc2c1. The van der Waals surface area contributed by atoms with E-state index in [0.717, 1.165) is 21.9 Å². The minimum atomic E-state index is -0.773. The number of rotatable bonds is 3. The molecule has 0 aromatic heterocycles. The first-order valence-corrected chi connectivity index (χ1v) is 7.45. The second-order valence-corrected chi connectivity index (χ2v) is 6.66. The number of carbonyl (C=O) groups is 2. The highest BCUT2D eigenvalue weighted by molar-refractivity contribution is 6.36. The summed E-state index contributed by atoms with van der Waals surface area (Å²) in [4.78, 5) is 24.4. The standard InChI is InChI=1S/C19H22O3/c1-12-10-14-8-6-7-9-15(14)16(11-12)13(2)17(20)18(21)22-19(3,4)5/h6-11,13H,1-5H3. The summed E-state index contributed by atoms with van der Waals surface area (Å²) in [5, 5.41) is 2.07. The molecule has 0 aliphatic rings. The van der Waals surface area contributed by atoms with Gasteiger partial charge >= 0.3 is 5.97 Å². The van der Waals surface area contributed by atoms with Crippen LogP contribution in [0.4, 0.5) is 0 Å². The molecule has 0 heterocycles. The van der Waals surface area contributed by atoms with Crippen molar-refractivity contribution in [3.05, 3.63) is 47.5 Å². The molecule has 0 aliphatic carbocycles. The molecule has 116 valence electrons. The maximum atomic E-state index is 12.4. The molecule has 1 unspecified atom stereocenters. The van der Waals surface area contributed by atoms with Crippen LogP contribution in [0.5, 0.6) is 0 Å². The predicted octanol–water partition coefficient (Wildman–Crippen LogP) is 4.16. The fourth-order valence-electron chi connectivity index (χ4n) is 2.50. The zero-order valence-electron chi connectivity index (χ0n) is 13.8. The van der Waals surface area contributed by atoms with Crippen molar-refractivity contribution < 1.29 is 14.3 Å². The molecular formula is C19H22O3. The van der Waals surface area contributed by atoms with Gasteiger partial charge in [0.05, 0.1) is 5.92 Å². The number of hydrogen-bond donors (Lipinski definition) is 0. The number of ketones is 1. The van der Waals surface area contributed by atoms with E-state index in [9.17, 15) is 9.59 Å². The molecule has 3 heteroatoms. The van der Waals surface area contributed by atoms with Gasteiger partial charge in [-0.25, -0.2) is 4.79 Å². The molecule has 2 aromatic carbocycles. The monoisotopic (exact) mass is 298 g/mol. The maximum absolute atomic E-state index is 12.4. The molecule has 0 radical (unpaired) electrons. The molecule has 2 rings (SSSR count). The van der Waals surface area contributed by atoms with Gasteiger partial charge in [0.2, 0.25) is 5.78 Å². The van der Waals surface area contributed by atoms with Crippen LogP contribution in [0, 0.1) is 6.92 Å². The Bertz CT molecular complexity index is 723. The summed E-state index contributed by atoms with van der Waals surface area (Å²) < 4.78 is 5.20. The van der Waals surface area contributed by atoms with Crippen molar-refractivity contribution >= 4 is 22.5 Å². The lowest BCUT2D eigenvalue weighted by Gasteiger charge is -2.21. The number of benzene rings is 2. The van der Waals surface area contributed by atoms with Crippen molar-refractivity contribution in [3.8, 4) is 0 Å². The number of Topliss-reactive ketones (excluding diaryl/α,β-unsaturated/α-hetero) is 1. The van der Waals surface area contributed by atoms with E-state index in [1.54, 1.807) is 27.7 Å². The first kappa shape index (κ1) is 16.2. The molecule has 0 aliphatic heterocycles. The molecule has 0 saturated heterocycles. The summed E-state index contributed by atoms with van der Waals surface area (Å²) in [6, 6.07) is 11.9. The highest BCUT2D eigenvalue weighted by atomic mass is 16.6. The molecule has 3 nitrogen and oxygen atoms in total. The van der Waals surface area contributed by atoms with Crippen molar-refractivity contribution in [2.24, 2.45) is 0 Å². The molecular weight excluding hydrogens is 276 g/mol. The number of aryl methyl sites for hydroxylation is 1. The van der Waals surface area contributed by atoms with E-state index in [1.165, 1.54) is 0 Å². The molecule has 1 atom stereocenters. The average Bonchev–Trinajstić information content (AvgIpc) is 2.42. The van der Waals surface area contributed by atoms with E-state index in [1.807, 2.05) is 37.3 Å². The number of hydrogen-bond acceptors (Lipinski definition) is 3. The van der Waals surface area contributed by atoms with E-state index >= 15 is 0 Å². The van der Waals surface area contributed by atoms with E-state index < -0.39 is 23.3 Å². The lowest BCUT2D eigenvalue weighted by Crippen LogP contribution is -2.31. The summed E-state index contributed by atoms with van der Waals surface area (Å²) in [5.74, 6) is -1.81. The normalized spacial score (nSPS) is 13.0. The van der Waals surface area contributed by atoms with Crippen molar-refractivity contribution in [2.75, 3.05) is 0 Å². The highest BCUT2D eigenvalue weighted by Crippen LogP contribution is 2.28. The summed E-state index contributed by atoms with van der Waals surface area (Å²) in [7, 11) is 0. The Hall–Kier alpha value is -2.16. The van der Waals surface area contributed by atoms with Gasteiger partial charge < -0.3 is 4.74 Å². The number of ether oxygens (including phenoxy) is 1. The zero-order valence-corrected chi connectivity index (χ0v) is 13.8. The molecule has 0 N–H and O–H groups in total. The van der Waals surface area contributed by atoms with Crippen molar-refractivity contribution in [1.82, 2.24) is 0 Å². The first-order valence-electron chi connectivity index (χ1n) is 7.45. The summed E-state index contributed by atoms with van der Waals surface area (Å²) >= 11 is 0. The zero-order chi connectivity index (χ0) is 16.5. The van der Waals surface area contributed by atoms with Crippen molar-refractivity contribution in [2.45, 2.75) is 46.1 Å². The molecule has 0 amide bonds. The number of fused-ring (bicyclic) bond motifs is 1. The molecule has 0 saturated carbocycles. The average molecular weight is 298 g/mol. The van der Waals surface area contributed by atoms with Gasteiger partial charge in [0.1, 0.15) is 5.60 Å². The molecule has 0 spiro atoms. The number of carbonyl (C=O) groups excluding carboxylic acids is 2. The fourth-order valence-corrected chi connectivity index (χ4v) is 2.50. The van der Waals surface area contributed by atoms with E-state index in [4.69, 9.17) is 4.74 Å². The largest absolute Gasteiger partial charge is 0.454 e. The van der Waals surface area contributed by atoms with Gasteiger partial charge in [-0.15, -0.1) is 0 Å². The summed E-state index contributed by atoms with van der Waals surface area (Å²) in [6.45, 7) is 9.01. The van der Waals surface area contributed by atoms with Gasteiger partial charge in [-0.1, -0.05) is 48.9 Å². The van der Waals surface area contributed by atoms with Crippen LogP contribution >= 0.6 is 0 Å². The lowest BCUT2D eigenvalue weighted by molar-refractivity contribution is -0.162. The van der Waals surface area contributed by atoms with Gasteiger partial charge in [0, 0.05) is 0 Å². The van der Waals surface area contributed by atoms with Crippen LogP contribution in [0.15, 0.2) is 36.4 Å². The third-order valence-corrected chi connectivity index (χ3v) is 3.50. The minimum Gasteiger partial charge on any atom is -0.454 e. The van der Waals surface area contributed by atoms with E-state index in [-0.39, 0.29) is 0 Å². The molecule has 0 fully saturated rings. The third-order valence-electron chi connectivity index (χ3n) is 3.50. The summed E-state index contributed by atoms with van der Waals surface area (Å²) in [6.07, 6.45) is 0. The third kappa shape index (κ3) is 3.53. The van der Waals surface area contributed by atoms with Crippen molar-refractivity contribution in [3.63, 3.8) is 0 Å². The first-order chi connectivity index (χ1) is 10.2. The summed E-state index contributed by atoms with van der Waals surface area (Å²) in [5.41, 5.74) is 1.27. The van der Waals surface area contributed by atoms with Gasteiger partial charge in [0.15, 0.2) is 0 Å². The van der Waals surface area contributed by atoms with Crippen LogP contribution in [0.25, 0.3) is 10.8 Å². The fraction of sp³-hybridized carbons (Fsp3) is 0.368. The maximum Gasteiger partial charge on any atom is 0.375 e. The Kier molecular flexibility index (Phi) is 4.36. The highest BCUT2D eigenvalue weighted by Gasteiger charge is 2.29. The van der Waals surface area contributed by atoms with Crippen LogP contribution in [0.2, 0.25) is 0 Å². The van der Waals surface area contributed by atoms with Gasteiger partial charge in [0.25, 0.3) is 0 Å². The van der Waals surface area contributed by atoms with Crippen LogP contribution in [0.3, 0.4) is 0 Å². The molecule has 2 aromatic rings. The second kappa shape index (κ2) is 5.91. The van der Waals surface area contributed by atoms with E-state index in [0.29, 0.717) is 0 Å². The topological polar surface area (TPSA) is 43.4 Å². The predicted molar refractivity (Wildman–Crippen MR) is 88.0 cm³/mol. The Morgan fingerprint density at radius 1 is 1.09 bits per heavy atom. The van der Waals surface area contributed by atoms with Crippen LogP contribution < -0.4 is 0 Å². The Balaban J connectivity index is 2.39. The number of esters is 1.